The third-order valence-electron chi connectivity index (χ3n) is 10.2. The first-order valence-electron chi connectivity index (χ1n) is 18.3. The number of alkyl halides is 1. The van der Waals surface area contributed by atoms with Crippen LogP contribution in [0.1, 0.15) is 111 Å². The maximum Gasteiger partial charge on any atom is 0.180 e. The molecule has 2 aliphatic heterocycles. The van der Waals surface area contributed by atoms with Crippen LogP contribution in [0.2, 0.25) is 0 Å². The molecule has 2 heterocycles. The zero-order valence-electron chi connectivity index (χ0n) is 32.3. The summed E-state index contributed by atoms with van der Waals surface area (Å²) in [7, 11) is 3.00. The van der Waals surface area contributed by atoms with Crippen LogP contribution in [0, 0.1) is 0 Å². The van der Waals surface area contributed by atoms with E-state index in [9.17, 15) is 30.0 Å². The Bertz CT molecular complexity index is 1990. The molecule has 4 N–H and O–H groups in total. The molecule has 0 radical (unpaired) electrons. The number of fused-ring (bicyclic) bond motifs is 2. The molecule has 0 fully saturated rings. The van der Waals surface area contributed by atoms with Crippen molar-refractivity contribution in [2.75, 3.05) is 14.2 Å². The van der Waals surface area contributed by atoms with Gasteiger partial charge in [0.05, 0.1) is 40.6 Å². The van der Waals surface area contributed by atoms with Crippen molar-refractivity contribution in [1.29, 1.82) is 0 Å². The minimum Gasteiger partial charge on any atom is -0.496 e. The highest BCUT2D eigenvalue weighted by Crippen LogP contribution is 2.38. The summed E-state index contributed by atoms with van der Waals surface area (Å²) in [6, 6.07) is 18.0. The number of hydrogen-bond donors (Lipinski definition) is 4. The molecule has 0 amide bonds. The second-order valence-electron chi connectivity index (χ2n) is 15.1. The van der Waals surface area contributed by atoms with Gasteiger partial charge in [-0.15, -0.1) is 0 Å². The standard InChI is InChI=1S/C22H25BrO5.C22H26O5/c1-22(2)7-6-13-8-14(4-5-18(13)28-22)21(26)20(23)15-9-16(11-24)17(12-25)19(10-15)27-3;1-22(2)7-6-16-11-15(4-5-20(16)27-22)19(25)9-14-8-17(12-23)18(13-24)21(10-14)26-3/h4-5,8-10,20,24-25H,6-7,11-12H2,1-3H3;4-5,8,10-11,23-24H,6-7,9,12-13H2,1-3H3. The van der Waals surface area contributed by atoms with E-state index >= 15 is 0 Å². The fourth-order valence-electron chi connectivity index (χ4n) is 6.98. The van der Waals surface area contributed by atoms with Crippen molar-refractivity contribution in [1.82, 2.24) is 0 Å². The van der Waals surface area contributed by atoms with Gasteiger partial charge in [0.1, 0.15) is 39.0 Å². The van der Waals surface area contributed by atoms with E-state index in [2.05, 4.69) is 43.6 Å². The Kier molecular flexibility index (Phi) is 13.5. The Hall–Kier alpha value is -4.26. The molecule has 0 spiro atoms. The van der Waals surface area contributed by atoms with Crippen LogP contribution in [0.5, 0.6) is 23.0 Å². The maximum atomic E-state index is 13.1. The van der Waals surface area contributed by atoms with Gasteiger partial charge in [0.25, 0.3) is 0 Å². The van der Waals surface area contributed by atoms with Crippen LogP contribution < -0.4 is 18.9 Å². The number of carbonyl (C=O) groups is 2. The summed E-state index contributed by atoms with van der Waals surface area (Å²) in [6.07, 6.45) is 3.76. The van der Waals surface area contributed by atoms with Crippen molar-refractivity contribution < 1.29 is 49.0 Å². The molecule has 4 aromatic rings. The summed E-state index contributed by atoms with van der Waals surface area (Å²) in [5.74, 6) is 2.51. The first-order chi connectivity index (χ1) is 26.2. The molecule has 0 saturated carbocycles. The number of halogens is 1. The number of ether oxygens (including phenoxy) is 4. The third kappa shape index (κ3) is 9.77. The van der Waals surface area contributed by atoms with Crippen molar-refractivity contribution in [2.45, 2.75) is 102 Å². The lowest BCUT2D eigenvalue weighted by atomic mass is 9.91. The smallest absolute Gasteiger partial charge is 0.180 e. The second-order valence-corrected chi connectivity index (χ2v) is 16.0. The molecule has 0 aliphatic carbocycles. The van der Waals surface area contributed by atoms with Crippen LogP contribution in [-0.4, -0.2) is 57.4 Å². The van der Waals surface area contributed by atoms with Crippen LogP contribution in [-0.2, 0) is 45.7 Å². The number of carbonyl (C=O) groups excluding carboxylic acids is 2. The molecule has 1 atom stereocenters. The molecular formula is C44H51BrO10. The van der Waals surface area contributed by atoms with E-state index in [0.717, 1.165) is 53.9 Å². The molecule has 11 heteroatoms. The Morgan fingerprint density at radius 3 is 1.69 bits per heavy atom. The van der Waals surface area contributed by atoms with Crippen molar-refractivity contribution in [2.24, 2.45) is 0 Å². The quantitative estimate of drug-likeness (QED) is 0.0846. The number of methoxy groups -OCH3 is 2. The Balaban J connectivity index is 0.000000211. The van der Waals surface area contributed by atoms with Gasteiger partial charge in [-0.3, -0.25) is 9.59 Å². The number of Topliss-reactive ketones (excluding diaryl/α,β-unsaturated/α-hetero) is 2. The number of aliphatic hydroxyl groups excluding tert-OH is 4. The molecule has 10 nitrogen and oxygen atoms in total. The molecular weight excluding hydrogens is 768 g/mol. The van der Waals surface area contributed by atoms with E-state index in [1.807, 2.05) is 24.3 Å². The predicted octanol–water partition coefficient (Wildman–Crippen LogP) is 7.31. The van der Waals surface area contributed by atoms with Crippen molar-refractivity contribution in [3.63, 3.8) is 0 Å². The third-order valence-corrected chi connectivity index (χ3v) is 11.1. The summed E-state index contributed by atoms with van der Waals surface area (Å²) in [6.45, 7) is 7.31. The van der Waals surface area contributed by atoms with Gasteiger partial charge in [-0.1, -0.05) is 28.1 Å². The van der Waals surface area contributed by atoms with Gasteiger partial charge in [0.2, 0.25) is 0 Å². The van der Waals surface area contributed by atoms with E-state index in [0.29, 0.717) is 50.4 Å². The molecule has 294 valence electrons. The van der Waals surface area contributed by atoms with E-state index < -0.39 is 4.83 Å². The van der Waals surface area contributed by atoms with E-state index in [-0.39, 0.29) is 55.6 Å². The maximum absolute atomic E-state index is 13.1. The van der Waals surface area contributed by atoms with Gasteiger partial charge in [-0.05, 0) is 135 Å². The topological polar surface area (TPSA) is 152 Å². The lowest BCUT2D eigenvalue weighted by Crippen LogP contribution is -2.32. The number of aryl methyl sites for hydroxylation is 2. The summed E-state index contributed by atoms with van der Waals surface area (Å²) >= 11 is 3.49. The van der Waals surface area contributed by atoms with Crippen molar-refractivity contribution in [3.05, 3.63) is 116 Å². The first-order valence-corrected chi connectivity index (χ1v) is 19.2. The van der Waals surface area contributed by atoms with Crippen LogP contribution in [0.25, 0.3) is 0 Å². The Morgan fingerprint density at radius 2 is 1.18 bits per heavy atom. The molecule has 2 aliphatic rings. The van der Waals surface area contributed by atoms with Gasteiger partial charge in [0, 0.05) is 28.7 Å². The monoisotopic (exact) mass is 818 g/mol. The normalized spacial score (nSPS) is 15.5. The fourth-order valence-corrected chi connectivity index (χ4v) is 7.50. The highest BCUT2D eigenvalue weighted by Gasteiger charge is 2.29. The molecule has 4 aromatic carbocycles. The minimum absolute atomic E-state index is 0.00896. The van der Waals surface area contributed by atoms with Crippen molar-refractivity contribution in [3.8, 4) is 23.0 Å². The minimum atomic E-state index is -0.599. The highest BCUT2D eigenvalue weighted by atomic mass is 79.9. The van der Waals surface area contributed by atoms with Crippen molar-refractivity contribution >= 4 is 27.5 Å². The average Bonchev–Trinajstić information content (AvgIpc) is 3.18. The van der Waals surface area contributed by atoms with Crippen LogP contribution in [0.15, 0.2) is 60.7 Å². The SMILES string of the molecule is COc1cc(C(Br)C(=O)c2ccc3c(c2)CCC(C)(C)O3)cc(CO)c1CO.COc1cc(CC(=O)c2ccc3c(c2)CCC(C)(C)O3)cc(CO)c1CO. The lowest BCUT2D eigenvalue weighted by Gasteiger charge is -2.32. The Morgan fingerprint density at radius 1 is 0.691 bits per heavy atom. The largest absolute Gasteiger partial charge is 0.496 e. The molecule has 6 rings (SSSR count). The fraction of sp³-hybridized carbons (Fsp3) is 0.409. The zero-order valence-corrected chi connectivity index (χ0v) is 33.9. The van der Waals surface area contributed by atoms with Crippen LogP contribution >= 0.6 is 15.9 Å². The first kappa shape index (κ1) is 41.9. The molecule has 55 heavy (non-hydrogen) atoms. The van der Waals surface area contributed by atoms with Crippen LogP contribution in [0.3, 0.4) is 0 Å². The van der Waals surface area contributed by atoms with E-state index in [1.54, 1.807) is 36.4 Å². The Labute approximate surface area is 331 Å². The summed E-state index contributed by atoms with van der Waals surface area (Å²) in [4.78, 5) is 25.3. The number of ketones is 2. The predicted molar refractivity (Wildman–Crippen MR) is 213 cm³/mol. The van der Waals surface area contributed by atoms with Gasteiger partial charge in [-0.25, -0.2) is 0 Å². The number of aliphatic hydroxyl groups is 4. The van der Waals surface area contributed by atoms with Gasteiger partial charge in [-0.2, -0.15) is 0 Å². The molecule has 0 bridgehead atoms. The molecule has 0 aromatic heterocycles. The molecule has 1 unspecified atom stereocenters. The average molecular weight is 820 g/mol. The lowest BCUT2D eigenvalue weighted by molar-refractivity contribution is 0.0841. The van der Waals surface area contributed by atoms with Gasteiger partial charge < -0.3 is 39.4 Å². The summed E-state index contributed by atoms with van der Waals surface area (Å²) in [5.41, 5.74) is 6.56. The van der Waals surface area contributed by atoms with Gasteiger partial charge >= 0.3 is 0 Å². The number of hydrogen-bond acceptors (Lipinski definition) is 10. The zero-order chi connectivity index (χ0) is 40.1. The number of rotatable bonds is 12. The molecule has 0 saturated heterocycles. The van der Waals surface area contributed by atoms with E-state index in [1.165, 1.54) is 14.2 Å². The summed E-state index contributed by atoms with van der Waals surface area (Å²) < 4.78 is 22.6. The highest BCUT2D eigenvalue weighted by molar-refractivity contribution is 9.09. The van der Waals surface area contributed by atoms with E-state index in [4.69, 9.17) is 18.9 Å². The second kappa shape index (κ2) is 17.7. The van der Waals surface area contributed by atoms with Gasteiger partial charge in [0.15, 0.2) is 11.6 Å². The number of benzene rings is 4. The van der Waals surface area contributed by atoms with Crippen LogP contribution in [0.4, 0.5) is 0 Å². The summed E-state index contributed by atoms with van der Waals surface area (Å²) in [5, 5.41) is 38.2.